The number of hydrogen-bond acceptors (Lipinski definition) is 4. The lowest BCUT2D eigenvalue weighted by Gasteiger charge is -2.45. The first-order valence-electron chi connectivity index (χ1n) is 7.96. The number of carbonyl (C=O) groups is 2. The van der Waals surface area contributed by atoms with E-state index < -0.39 is 23.5 Å². The fourth-order valence-corrected chi connectivity index (χ4v) is 3.74. The van der Waals surface area contributed by atoms with Gasteiger partial charge in [-0.1, -0.05) is 24.6 Å². The molecule has 0 saturated carbocycles. The zero-order valence-corrected chi connectivity index (χ0v) is 14.9. The van der Waals surface area contributed by atoms with Crippen LogP contribution in [0.5, 0.6) is 0 Å². The number of carbonyl (C=O) groups excluding carboxylic acids is 2. The third-order valence-electron chi connectivity index (χ3n) is 4.86. The molecule has 1 heterocycles. The summed E-state index contributed by atoms with van der Waals surface area (Å²) in [6, 6.07) is 9.09. The molecule has 25 heavy (non-hydrogen) atoms. The van der Waals surface area contributed by atoms with Gasteiger partial charge in [0.1, 0.15) is 11.6 Å². The van der Waals surface area contributed by atoms with E-state index in [4.69, 9.17) is 16.3 Å². The first-order chi connectivity index (χ1) is 11.8. The van der Waals surface area contributed by atoms with Crippen LogP contribution in [0.25, 0.3) is 0 Å². The number of benzene rings is 1. The van der Waals surface area contributed by atoms with Crippen molar-refractivity contribution in [1.29, 1.82) is 0 Å². The normalized spacial score (nSPS) is 25.4. The van der Waals surface area contributed by atoms with E-state index in [2.05, 4.69) is 0 Å². The fraction of sp³-hybridized carbons (Fsp3) is 0.316. The maximum absolute atomic E-state index is 12.9. The lowest BCUT2D eigenvalue weighted by Crippen LogP contribution is -2.54. The summed E-state index contributed by atoms with van der Waals surface area (Å²) >= 11 is 6.15. The highest BCUT2D eigenvalue weighted by molar-refractivity contribution is 6.30. The smallest absolute Gasteiger partial charge is 0.303 e. The zero-order valence-electron chi connectivity index (χ0n) is 14.2. The monoisotopic (exact) mass is 359 g/mol. The standard InChI is InChI=1S/C19H18ClNO4/c1-11-17(24)14-8-7-13(20)10-15(14)18(19(11,3)25-12(2)22)21-9-5-4-6-16(21)23/h4-11,18H,1-3H3/t11-,18?,19+/m0/s1. The van der Waals surface area contributed by atoms with Crippen LogP contribution in [0.4, 0.5) is 0 Å². The molecule has 0 radical (unpaired) electrons. The Hall–Kier alpha value is -2.40. The van der Waals surface area contributed by atoms with Crippen molar-refractivity contribution in [2.24, 2.45) is 5.92 Å². The number of hydrogen-bond donors (Lipinski definition) is 0. The number of nitrogens with zero attached hydrogens (tertiary/aromatic N) is 1. The molecule has 0 amide bonds. The molecule has 3 rings (SSSR count). The second-order valence-corrected chi connectivity index (χ2v) is 6.88. The van der Waals surface area contributed by atoms with E-state index in [1.807, 2.05) is 0 Å². The van der Waals surface area contributed by atoms with Crippen LogP contribution in [0, 0.1) is 5.92 Å². The maximum atomic E-state index is 12.9. The number of ketones is 1. The number of Topliss-reactive ketones (excluding diaryl/α,β-unsaturated/α-hetero) is 1. The molecule has 0 spiro atoms. The van der Waals surface area contributed by atoms with E-state index in [1.54, 1.807) is 50.4 Å². The Balaban J connectivity index is 2.35. The first-order valence-corrected chi connectivity index (χ1v) is 8.34. The van der Waals surface area contributed by atoms with Gasteiger partial charge in [-0.25, -0.2) is 0 Å². The SMILES string of the molecule is CC(=O)O[C@@]1(C)C(n2ccccc2=O)c2cc(Cl)ccc2C(=O)[C@@H]1C. The lowest BCUT2D eigenvalue weighted by atomic mass is 9.69. The Bertz CT molecular complexity index is 920. The van der Waals surface area contributed by atoms with Crippen LogP contribution in [0.3, 0.4) is 0 Å². The fourth-order valence-electron chi connectivity index (χ4n) is 3.56. The van der Waals surface area contributed by atoms with Gasteiger partial charge in [-0.2, -0.15) is 0 Å². The molecule has 2 aromatic rings. The highest BCUT2D eigenvalue weighted by atomic mass is 35.5. The Morgan fingerprint density at radius 3 is 2.60 bits per heavy atom. The molecule has 3 atom stereocenters. The summed E-state index contributed by atoms with van der Waals surface area (Å²) in [5.41, 5.74) is -0.403. The minimum Gasteiger partial charge on any atom is -0.456 e. The number of halogens is 1. The molecule has 1 aromatic heterocycles. The third kappa shape index (κ3) is 2.78. The van der Waals surface area contributed by atoms with Crippen molar-refractivity contribution < 1.29 is 14.3 Å². The molecule has 1 unspecified atom stereocenters. The predicted molar refractivity (Wildman–Crippen MR) is 94.0 cm³/mol. The number of fused-ring (bicyclic) bond motifs is 1. The molecule has 0 fully saturated rings. The van der Waals surface area contributed by atoms with Gasteiger partial charge in [0.15, 0.2) is 5.78 Å². The average Bonchev–Trinajstić information content (AvgIpc) is 2.54. The largest absolute Gasteiger partial charge is 0.456 e. The summed E-state index contributed by atoms with van der Waals surface area (Å²) in [6.45, 7) is 4.69. The molecule has 130 valence electrons. The summed E-state index contributed by atoms with van der Waals surface area (Å²) in [5.74, 6) is -1.28. The third-order valence-corrected chi connectivity index (χ3v) is 5.10. The van der Waals surface area contributed by atoms with Crippen LogP contribution < -0.4 is 5.56 Å². The summed E-state index contributed by atoms with van der Waals surface area (Å²) in [4.78, 5) is 37.1. The zero-order chi connectivity index (χ0) is 18.4. The van der Waals surface area contributed by atoms with Gasteiger partial charge in [-0.05, 0) is 36.8 Å². The number of rotatable bonds is 2. The summed E-state index contributed by atoms with van der Waals surface area (Å²) in [6.07, 6.45) is 1.63. The van der Waals surface area contributed by atoms with Crippen LogP contribution in [0.15, 0.2) is 47.4 Å². The molecule has 6 heteroatoms. The van der Waals surface area contributed by atoms with Crippen molar-refractivity contribution in [3.8, 4) is 0 Å². The van der Waals surface area contributed by atoms with Gasteiger partial charge in [0.05, 0.1) is 5.92 Å². The van der Waals surface area contributed by atoms with Crippen molar-refractivity contribution in [1.82, 2.24) is 4.57 Å². The maximum Gasteiger partial charge on any atom is 0.303 e. The second-order valence-electron chi connectivity index (χ2n) is 6.44. The highest BCUT2D eigenvalue weighted by Crippen LogP contribution is 2.45. The minimum atomic E-state index is -1.22. The average molecular weight is 360 g/mol. The van der Waals surface area contributed by atoms with Crippen molar-refractivity contribution in [3.05, 3.63) is 69.1 Å². The van der Waals surface area contributed by atoms with E-state index in [1.165, 1.54) is 17.6 Å². The Labute approximate surface area is 150 Å². The number of esters is 1. The lowest BCUT2D eigenvalue weighted by molar-refractivity contribution is -0.163. The van der Waals surface area contributed by atoms with Gasteiger partial charge in [0, 0.05) is 29.8 Å². The molecule has 0 bridgehead atoms. The molecule has 0 saturated heterocycles. The molecule has 0 aliphatic heterocycles. The second kappa shape index (κ2) is 6.15. The van der Waals surface area contributed by atoms with Gasteiger partial charge >= 0.3 is 5.97 Å². The number of pyridine rings is 1. The van der Waals surface area contributed by atoms with Crippen LogP contribution in [0.1, 0.15) is 42.7 Å². The highest BCUT2D eigenvalue weighted by Gasteiger charge is 2.52. The van der Waals surface area contributed by atoms with Crippen molar-refractivity contribution in [3.63, 3.8) is 0 Å². The predicted octanol–water partition coefficient (Wildman–Crippen LogP) is 3.25. The molecule has 1 aliphatic carbocycles. The molecule has 1 aliphatic rings. The first kappa shape index (κ1) is 17.4. The van der Waals surface area contributed by atoms with E-state index in [0.29, 0.717) is 16.1 Å². The summed E-state index contributed by atoms with van der Waals surface area (Å²) < 4.78 is 7.10. The molecule has 1 aromatic carbocycles. The Kier molecular flexibility index (Phi) is 4.29. The van der Waals surface area contributed by atoms with Crippen molar-refractivity contribution >= 4 is 23.4 Å². The van der Waals surface area contributed by atoms with Gasteiger partial charge in [0.2, 0.25) is 0 Å². The summed E-state index contributed by atoms with van der Waals surface area (Å²) in [7, 11) is 0. The topological polar surface area (TPSA) is 65.4 Å². The number of ether oxygens (including phenoxy) is 1. The van der Waals surface area contributed by atoms with Crippen LogP contribution >= 0.6 is 11.6 Å². The van der Waals surface area contributed by atoms with E-state index in [0.717, 1.165) is 0 Å². The quantitative estimate of drug-likeness (QED) is 0.772. The van der Waals surface area contributed by atoms with Crippen molar-refractivity contribution in [2.75, 3.05) is 0 Å². The van der Waals surface area contributed by atoms with Gasteiger partial charge in [-0.3, -0.25) is 14.4 Å². The van der Waals surface area contributed by atoms with E-state index in [9.17, 15) is 14.4 Å². The van der Waals surface area contributed by atoms with Crippen LogP contribution in [0.2, 0.25) is 5.02 Å². The van der Waals surface area contributed by atoms with Crippen LogP contribution in [-0.2, 0) is 9.53 Å². The van der Waals surface area contributed by atoms with E-state index >= 15 is 0 Å². The molecular formula is C19H18ClNO4. The summed E-state index contributed by atoms with van der Waals surface area (Å²) in [5, 5.41) is 0.445. The van der Waals surface area contributed by atoms with Gasteiger partial charge < -0.3 is 9.30 Å². The Morgan fingerprint density at radius 1 is 1.24 bits per heavy atom. The molecule has 0 N–H and O–H groups in total. The molecular weight excluding hydrogens is 342 g/mol. The van der Waals surface area contributed by atoms with E-state index in [-0.39, 0.29) is 11.3 Å². The van der Waals surface area contributed by atoms with Gasteiger partial charge in [0.25, 0.3) is 5.56 Å². The van der Waals surface area contributed by atoms with Crippen molar-refractivity contribution in [2.45, 2.75) is 32.4 Å². The number of aromatic nitrogens is 1. The van der Waals surface area contributed by atoms with Crippen LogP contribution in [-0.4, -0.2) is 21.9 Å². The molecule has 5 nitrogen and oxygen atoms in total. The van der Waals surface area contributed by atoms with Gasteiger partial charge in [-0.15, -0.1) is 0 Å². The minimum absolute atomic E-state index is 0.143. The Morgan fingerprint density at radius 2 is 1.96 bits per heavy atom.